The second-order valence-electron chi connectivity index (χ2n) is 4.91. The molecule has 0 spiro atoms. The third kappa shape index (κ3) is 4.05. The van der Waals surface area contributed by atoms with E-state index in [9.17, 15) is 10.1 Å². The molecule has 0 saturated heterocycles. The van der Waals surface area contributed by atoms with Crippen LogP contribution in [0.3, 0.4) is 0 Å². The van der Waals surface area contributed by atoms with Gasteiger partial charge in [0.05, 0.1) is 0 Å². The highest BCUT2D eigenvalue weighted by molar-refractivity contribution is 7.98. The van der Waals surface area contributed by atoms with Gasteiger partial charge in [0.1, 0.15) is 22.7 Å². The Morgan fingerprint density at radius 2 is 2.12 bits per heavy atom. The van der Waals surface area contributed by atoms with Crippen molar-refractivity contribution in [1.29, 1.82) is 5.26 Å². The molecule has 2 aromatic rings. The number of anilines is 4. The first-order valence-electron chi connectivity index (χ1n) is 6.99. The maximum Gasteiger partial charge on any atom is 0.247 e. The number of rotatable bonds is 5. The maximum atomic E-state index is 12.4. The van der Waals surface area contributed by atoms with E-state index in [4.69, 9.17) is 11.5 Å². The summed E-state index contributed by atoms with van der Waals surface area (Å²) in [4.78, 5) is 20.3. The van der Waals surface area contributed by atoms with Crippen LogP contribution in [0.5, 0.6) is 0 Å². The number of nitrogens with two attached hydrogens (primary N) is 2. The summed E-state index contributed by atoms with van der Waals surface area (Å²) in [6, 6.07) is 8.47. The lowest BCUT2D eigenvalue weighted by Crippen LogP contribution is -2.32. The van der Waals surface area contributed by atoms with Gasteiger partial charge in [-0.25, -0.2) is 4.98 Å². The Morgan fingerprint density at radius 1 is 1.38 bits per heavy atom. The Labute approximate surface area is 143 Å². The lowest BCUT2D eigenvalue weighted by Gasteiger charge is -2.16. The molecule has 1 heterocycles. The van der Waals surface area contributed by atoms with E-state index in [1.165, 1.54) is 11.8 Å². The average Bonchev–Trinajstić information content (AvgIpc) is 2.54. The van der Waals surface area contributed by atoms with E-state index >= 15 is 0 Å². The predicted octanol–water partition coefficient (Wildman–Crippen LogP) is 1.67. The first-order chi connectivity index (χ1) is 11.4. The maximum absolute atomic E-state index is 12.4. The zero-order valence-electron chi connectivity index (χ0n) is 13.2. The Hall–Kier alpha value is -2.99. The molecule has 0 unspecified atom stereocenters. The Morgan fingerprint density at radius 3 is 2.75 bits per heavy atom. The van der Waals surface area contributed by atoms with Crippen molar-refractivity contribution >= 4 is 40.8 Å². The van der Waals surface area contributed by atoms with Gasteiger partial charge in [-0.05, 0) is 31.4 Å². The molecule has 124 valence electrons. The molecule has 0 radical (unpaired) electrons. The third-order valence-electron chi connectivity index (χ3n) is 3.10. The standard InChI is InChI=1S/C15H17N7OS/c1-8(19-10-5-3-4-9(17)6-10)13(23)20-12-11(7-16)14(24-2)22-15(18)21-12/h3-6,8,19H,17H2,1-2H3,(H3,18,20,21,22,23)/t8-/m0/s1. The fourth-order valence-corrected chi connectivity index (χ4v) is 2.50. The summed E-state index contributed by atoms with van der Waals surface area (Å²) in [6.07, 6.45) is 1.76. The van der Waals surface area contributed by atoms with Gasteiger partial charge in [0, 0.05) is 11.4 Å². The van der Waals surface area contributed by atoms with E-state index in [0.717, 1.165) is 0 Å². The van der Waals surface area contributed by atoms with E-state index in [1.54, 1.807) is 37.4 Å². The van der Waals surface area contributed by atoms with Crippen LogP contribution in [0.4, 0.5) is 23.1 Å². The molecule has 2 rings (SSSR count). The van der Waals surface area contributed by atoms with Crippen LogP contribution in [-0.4, -0.2) is 28.2 Å². The largest absolute Gasteiger partial charge is 0.399 e. The molecule has 0 aliphatic carbocycles. The number of nitrogens with one attached hydrogen (secondary N) is 2. The number of aromatic nitrogens is 2. The topological polar surface area (TPSA) is 143 Å². The zero-order chi connectivity index (χ0) is 17.7. The monoisotopic (exact) mass is 343 g/mol. The smallest absolute Gasteiger partial charge is 0.247 e. The van der Waals surface area contributed by atoms with Crippen molar-refractivity contribution in [2.75, 3.05) is 28.4 Å². The van der Waals surface area contributed by atoms with Crippen molar-refractivity contribution in [2.24, 2.45) is 0 Å². The second kappa shape index (κ2) is 7.52. The van der Waals surface area contributed by atoms with Crippen LogP contribution >= 0.6 is 11.8 Å². The number of amides is 1. The lowest BCUT2D eigenvalue weighted by atomic mass is 10.2. The highest BCUT2D eigenvalue weighted by atomic mass is 32.2. The number of nitrogens with zero attached hydrogens (tertiary/aromatic N) is 3. The molecule has 0 saturated carbocycles. The van der Waals surface area contributed by atoms with Gasteiger partial charge < -0.3 is 22.1 Å². The quantitative estimate of drug-likeness (QED) is 0.365. The summed E-state index contributed by atoms with van der Waals surface area (Å²) in [5, 5.41) is 15.3. The van der Waals surface area contributed by atoms with Gasteiger partial charge in [0.25, 0.3) is 0 Å². The molecule has 1 atom stereocenters. The highest BCUT2D eigenvalue weighted by Crippen LogP contribution is 2.24. The van der Waals surface area contributed by atoms with Gasteiger partial charge >= 0.3 is 0 Å². The summed E-state index contributed by atoms with van der Waals surface area (Å²) in [7, 11) is 0. The molecular weight excluding hydrogens is 326 g/mol. The summed E-state index contributed by atoms with van der Waals surface area (Å²) in [5.41, 5.74) is 12.8. The Kier molecular flexibility index (Phi) is 5.44. The van der Waals surface area contributed by atoms with Crippen molar-refractivity contribution in [2.45, 2.75) is 18.0 Å². The first-order valence-corrected chi connectivity index (χ1v) is 8.21. The van der Waals surface area contributed by atoms with Crippen LogP contribution in [-0.2, 0) is 4.79 Å². The van der Waals surface area contributed by atoms with Crippen LogP contribution < -0.4 is 22.1 Å². The summed E-state index contributed by atoms with van der Waals surface area (Å²) < 4.78 is 0. The van der Waals surface area contributed by atoms with Gasteiger partial charge in [0.2, 0.25) is 11.9 Å². The van der Waals surface area contributed by atoms with Crippen molar-refractivity contribution in [3.05, 3.63) is 29.8 Å². The molecule has 6 N–H and O–H groups in total. The summed E-state index contributed by atoms with van der Waals surface area (Å²) in [5.74, 6) is -0.273. The van der Waals surface area contributed by atoms with Gasteiger partial charge in [-0.1, -0.05) is 6.07 Å². The van der Waals surface area contributed by atoms with Crippen molar-refractivity contribution in [1.82, 2.24) is 9.97 Å². The lowest BCUT2D eigenvalue weighted by molar-refractivity contribution is -0.116. The van der Waals surface area contributed by atoms with Crippen LogP contribution in [0, 0.1) is 11.3 Å². The number of carbonyl (C=O) groups excluding carboxylic acids is 1. The SMILES string of the molecule is CSc1nc(N)nc(NC(=O)[C@H](C)Nc2cccc(N)c2)c1C#N. The Bertz CT molecular complexity index is 803. The summed E-state index contributed by atoms with van der Waals surface area (Å²) >= 11 is 1.25. The highest BCUT2D eigenvalue weighted by Gasteiger charge is 2.18. The van der Waals surface area contributed by atoms with E-state index < -0.39 is 6.04 Å². The van der Waals surface area contributed by atoms with Gasteiger partial charge in [0.15, 0.2) is 5.82 Å². The molecule has 0 aliphatic rings. The number of hydrogen-bond acceptors (Lipinski definition) is 8. The zero-order valence-corrected chi connectivity index (χ0v) is 14.0. The van der Waals surface area contributed by atoms with Gasteiger partial charge in [-0.15, -0.1) is 11.8 Å². The minimum atomic E-state index is -0.577. The molecule has 0 bridgehead atoms. The fraction of sp³-hybridized carbons (Fsp3) is 0.200. The van der Waals surface area contributed by atoms with E-state index in [-0.39, 0.29) is 23.2 Å². The minimum absolute atomic E-state index is 0.00917. The number of benzene rings is 1. The van der Waals surface area contributed by atoms with E-state index in [2.05, 4.69) is 20.6 Å². The Balaban J connectivity index is 2.17. The molecule has 8 nitrogen and oxygen atoms in total. The van der Waals surface area contributed by atoms with Gasteiger partial charge in [-0.3, -0.25) is 4.79 Å². The van der Waals surface area contributed by atoms with Crippen LogP contribution in [0.15, 0.2) is 29.3 Å². The van der Waals surface area contributed by atoms with Crippen LogP contribution in [0.2, 0.25) is 0 Å². The normalized spacial score (nSPS) is 11.4. The number of nitrogen functional groups attached to an aromatic ring is 2. The molecule has 1 aromatic carbocycles. The van der Waals surface area contributed by atoms with E-state index in [1.807, 2.05) is 6.07 Å². The number of nitriles is 1. The van der Waals surface area contributed by atoms with Crippen molar-refractivity contribution < 1.29 is 4.79 Å². The van der Waals surface area contributed by atoms with Crippen LogP contribution in [0.25, 0.3) is 0 Å². The second-order valence-corrected chi connectivity index (χ2v) is 5.70. The summed E-state index contributed by atoms with van der Waals surface area (Å²) in [6.45, 7) is 1.69. The van der Waals surface area contributed by atoms with Crippen LogP contribution in [0.1, 0.15) is 12.5 Å². The average molecular weight is 343 g/mol. The number of carbonyl (C=O) groups is 1. The molecular formula is C15H17N7OS. The fourth-order valence-electron chi connectivity index (χ4n) is 1.96. The number of hydrogen-bond donors (Lipinski definition) is 4. The molecule has 24 heavy (non-hydrogen) atoms. The predicted molar refractivity (Wildman–Crippen MR) is 95.5 cm³/mol. The van der Waals surface area contributed by atoms with Crippen molar-refractivity contribution in [3.8, 4) is 6.07 Å². The van der Waals surface area contributed by atoms with E-state index in [0.29, 0.717) is 16.4 Å². The first kappa shape index (κ1) is 17.4. The molecule has 0 fully saturated rings. The molecule has 0 aliphatic heterocycles. The van der Waals surface area contributed by atoms with Gasteiger partial charge in [-0.2, -0.15) is 10.2 Å². The minimum Gasteiger partial charge on any atom is -0.399 e. The molecule has 1 amide bonds. The van der Waals surface area contributed by atoms with Crippen molar-refractivity contribution in [3.63, 3.8) is 0 Å². The third-order valence-corrected chi connectivity index (χ3v) is 3.79. The molecule has 9 heteroatoms. The number of thioether (sulfide) groups is 1. The molecule has 1 aromatic heterocycles.